The normalized spacial score (nSPS) is 15.4. The van der Waals surface area contributed by atoms with Crippen LogP contribution in [0.5, 0.6) is 11.5 Å². The number of methoxy groups -OCH3 is 1. The average Bonchev–Trinajstić information content (AvgIpc) is 3.12. The molecule has 2 amide bonds. The highest BCUT2D eigenvalue weighted by Crippen LogP contribution is 2.36. The molecule has 7 nitrogen and oxygen atoms in total. The average molecular weight is 540 g/mol. The molecule has 34 heavy (non-hydrogen) atoms. The van der Waals surface area contributed by atoms with E-state index in [1.165, 1.54) is 30.2 Å². The molecule has 1 fully saturated rings. The zero-order valence-electron chi connectivity index (χ0n) is 17.9. The molecular formula is C25H18BrNO6S. The molecule has 0 spiro atoms. The van der Waals surface area contributed by atoms with Crippen LogP contribution in [0.25, 0.3) is 0 Å². The second kappa shape index (κ2) is 10.2. The summed E-state index contributed by atoms with van der Waals surface area (Å²) in [5.74, 6) is -0.894. The molecule has 3 aromatic rings. The maximum Gasteiger partial charge on any atom is 0.344 e. The summed E-state index contributed by atoms with van der Waals surface area (Å²) in [5.41, 5.74) is 1.13. The largest absolute Gasteiger partial charge is 0.493 e. The Labute approximate surface area is 208 Å². The number of halogens is 1. The lowest BCUT2D eigenvalue weighted by atomic mass is 10.2. The molecule has 1 aliphatic heterocycles. The molecule has 3 aromatic carbocycles. The summed E-state index contributed by atoms with van der Waals surface area (Å²) in [6.07, 6.45) is 0.682. The maximum absolute atomic E-state index is 13.0. The lowest BCUT2D eigenvalue weighted by Crippen LogP contribution is -2.31. The molecule has 0 saturated carbocycles. The quantitative estimate of drug-likeness (QED) is 0.182. The lowest BCUT2D eigenvalue weighted by molar-refractivity contribution is -0.121. The molecule has 0 bridgehead atoms. The van der Waals surface area contributed by atoms with Gasteiger partial charge in [-0.1, -0.05) is 28.1 Å². The van der Waals surface area contributed by atoms with Gasteiger partial charge < -0.3 is 9.47 Å². The van der Waals surface area contributed by atoms with E-state index in [4.69, 9.17) is 9.47 Å². The van der Waals surface area contributed by atoms with Crippen molar-refractivity contribution < 1.29 is 28.7 Å². The van der Waals surface area contributed by atoms with Crippen molar-refractivity contribution in [2.24, 2.45) is 0 Å². The van der Waals surface area contributed by atoms with Crippen LogP contribution in [0.4, 0.5) is 5.69 Å². The Morgan fingerprint density at radius 2 is 1.79 bits per heavy atom. The van der Waals surface area contributed by atoms with Gasteiger partial charge in [-0.3, -0.25) is 14.4 Å². The fraction of sp³-hybridized carbons (Fsp3) is 0.120. The number of aldehydes is 1. The summed E-state index contributed by atoms with van der Waals surface area (Å²) < 4.78 is 11.6. The number of imide groups is 1. The summed E-state index contributed by atoms with van der Waals surface area (Å²) in [4.78, 5) is 51.3. The van der Waals surface area contributed by atoms with Gasteiger partial charge in [0.1, 0.15) is 6.29 Å². The number of nitrogens with zero attached hydrogens (tertiary/aromatic N) is 1. The van der Waals surface area contributed by atoms with E-state index < -0.39 is 11.2 Å². The molecule has 1 heterocycles. The van der Waals surface area contributed by atoms with Crippen LogP contribution in [-0.4, -0.2) is 36.4 Å². The molecule has 1 atom stereocenters. The third kappa shape index (κ3) is 4.90. The molecule has 0 radical (unpaired) electrons. The first-order valence-corrected chi connectivity index (χ1v) is 11.8. The molecule has 4 rings (SSSR count). The molecule has 172 valence electrons. The van der Waals surface area contributed by atoms with Gasteiger partial charge in [-0.2, -0.15) is 0 Å². The number of rotatable bonds is 7. The van der Waals surface area contributed by atoms with E-state index in [1.807, 2.05) is 0 Å². The van der Waals surface area contributed by atoms with Gasteiger partial charge in [-0.25, -0.2) is 9.69 Å². The van der Waals surface area contributed by atoms with Gasteiger partial charge in [0.15, 0.2) is 11.5 Å². The second-order valence-electron chi connectivity index (χ2n) is 7.27. The standard InChI is InChI=1S/C25H18BrNO6S/c1-32-20-12-15(14-28)6-11-19(20)33-25(31)18-4-2-3-5-21(18)34-22-13-23(29)27(24(22)30)17-9-7-16(26)8-10-17/h2-12,14,22H,13H2,1H3. The molecule has 0 aliphatic carbocycles. The smallest absolute Gasteiger partial charge is 0.344 e. The Balaban J connectivity index is 1.54. The Hall–Kier alpha value is -3.43. The molecule has 0 aromatic heterocycles. The first-order chi connectivity index (χ1) is 16.4. The van der Waals surface area contributed by atoms with Crippen molar-refractivity contribution in [1.82, 2.24) is 0 Å². The topological polar surface area (TPSA) is 90.0 Å². The van der Waals surface area contributed by atoms with Gasteiger partial charge in [-0.15, -0.1) is 11.8 Å². The Morgan fingerprint density at radius 1 is 1.06 bits per heavy atom. The van der Waals surface area contributed by atoms with Gasteiger partial charge in [0, 0.05) is 21.4 Å². The Bertz CT molecular complexity index is 1280. The van der Waals surface area contributed by atoms with Crippen molar-refractivity contribution in [2.45, 2.75) is 16.6 Å². The molecule has 0 N–H and O–H groups in total. The predicted octanol–water partition coefficient (Wildman–Crippen LogP) is 4.91. The number of hydrogen-bond donors (Lipinski definition) is 0. The third-order valence-corrected chi connectivity index (χ3v) is 6.88. The lowest BCUT2D eigenvalue weighted by Gasteiger charge is -2.16. The van der Waals surface area contributed by atoms with Crippen LogP contribution in [0.15, 0.2) is 76.1 Å². The van der Waals surface area contributed by atoms with Crippen molar-refractivity contribution >= 4 is 57.4 Å². The summed E-state index contributed by atoms with van der Waals surface area (Å²) in [5, 5.41) is -0.675. The van der Waals surface area contributed by atoms with Gasteiger partial charge in [0.25, 0.3) is 0 Å². The summed E-state index contributed by atoms with van der Waals surface area (Å²) in [6, 6.07) is 18.1. The zero-order chi connectivity index (χ0) is 24.2. The van der Waals surface area contributed by atoms with Gasteiger partial charge in [-0.05, 0) is 54.6 Å². The molecular weight excluding hydrogens is 522 g/mol. The molecule has 1 saturated heterocycles. The van der Waals surface area contributed by atoms with Crippen molar-refractivity contribution in [3.8, 4) is 11.5 Å². The van der Waals surface area contributed by atoms with E-state index in [-0.39, 0.29) is 35.3 Å². The summed E-state index contributed by atoms with van der Waals surface area (Å²) in [6.45, 7) is 0. The number of ether oxygens (including phenoxy) is 2. The van der Waals surface area contributed by atoms with Crippen molar-refractivity contribution in [2.75, 3.05) is 12.0 Å². The molecule has 1 aliphatic rings. The van der Waals surface area contributed by atoms with Gasteiger partial charge in [0.05, 0.1) is 23.6 Å². The number of carbonyl (C=O) groups is 4. The summed E-state index contributed by atoms with van der Waals surface area (Å²) in [7, 11) is 1.41. The van der Waals surface area contributed by atoms with Crippen LogP contribution in [0.2, 0.25) is 0 Å². The monoisotopic (exact) mass is 539 g/mol. The molecule has 1 unspecified atom stereocenters. The fourth-order valence-electron chi connectivity index (χ4n) is 3.45. The van der Waals surface area contributed by atoms with Crippen LogP contribution < -0.4 is 14.4 Å². The number of thioether (sulfide) groups is 1. The predicted molar refractivity (Wildman–Crippen MR) is 131 cm³/mol. The van der Waals surface area contributed by atoms with E-state index in [9.17, 15) is 19.2 Å². The van der Waals surface area contributed by atoms with E-state index in [2.05, 4.69) is 15.9 Å². The van der Waals surface area contributed by atoms with E-state index >= 15 is 0 Å². The third-order valence-electron chi connectivity index (χ3n) is 5.09. The van der Waals surface area contributed by atoms with Crippen LogP contribution in [0, 0.1) is 0 Å². The SMILES string of the molecule is COc1cc(C=O)ccc1OC(=O)c1ccccc1SC1CC(=O)N(c2ccc(Br)cc2)C1=O. The van der Waals surface area contributed by atoms with E-state index in [0.29, 0.717) is 22.4 Å². The van der Waals surface area contributed by atoms with Crippen LogP contribution in [-0.2, 0) is 9.59 Å². The minimum atomic E-state index is -0.675. The number of esters is 1. The highest BCUT2D eigenvalue weighted by atomic mass is 79.9. The number of amides is 2. The summed E-state index contributed by atoms with van der Waals surface area (Å²) >= 11 is 4.49. The zero-order valence-corrected chi connectivity index (χ0v) is 20.3. The van der Waals surface area contributed by atoms with Crippen molar-refractivity contribution in [3.63, 3.8) is 0 Å². The van der Waals surface area contributed by atoms with Gasteiger partial charge in [0.2, 0.25) is 11.8 Å². The van der Waals surface area contributed by atoms with Gasteiger partial charge >= 0.3 is 5.97 Å². The van der Waals surface area contributed by atoms with E-state index in [0.717, 1.165) is 16.2 Å². The first-order valence-electron chi connectivity index (χ1n) is 10.1. The highest BCUT2D eigenvalue weighted by molar-refractivity contribution is 9.10. The van der Waals surface area contributed by atoms with Crippen molar-refractivity contribution in [3.05, 3.63) is 82.3 Å². The Morgan fingerprint density at radius 3 is 2.50 bits per heavy atom. The second-order valence-corrected chi connectivity index (χ2v) is 9.43. The Kier molecular flexibility index (Phi) is 7.14. The minimum Gasteiger partial charge on any atom is -0.493 e. The van der Waals surface area contributed by atoms with E-state index in [1.54, 1.807) is 48.5 Å². The highest BCUT2D eigenvalue weighted by Gasteiger charge is 2.40. The minimum absolute atomic E-state index is 0.0178. The fourth-order valence-corrected chi connectivity index (χ4v) is 4.88. The number of benzene rings is 3. The van der Waals surface area contributed by atoms with Crippen LogP contribution in [0.1, 0.15) is 27.1 Å². The first kappa shape index (κ1) is 23.7. The number of hydrogen-bond acceptors (Lipinski definition) is 7. The number of carbonyl (C=O) groups excluding carboxylic acids is 4. The molecule has 9 heteroatoms. The number of anilines is 1. The van der Waals surface area contributed by atoms with Crippen molar-refractivity contribution in [1.29, 1.82) is 0 Å². The van der Waals surface area contributed by atoms with Crippen LogP contribution >= 0.6 is 27.7 Å². The van der Waals surface area contributed by atoms with Crippen LogP contribution in [0.3, 0.4) is 0 Å². The maximum atomic E-state index is 13.0.